The normalized spacial score (nSPS) is 18.8. The van der Waals surface area contributed by atoms with E-state index in [1.165, 1.54) is 18.4 Å². The van der Waals surface area contributed by atoms with Gasteiger partial charge in [0.2, 0.25) is 0 Å². The Morgan fingerprint density at radius 2 is 1.86 bits per heavy atom. The number of aryl methyl sites for hydroxylation is 1. The van der Waals surface area contributed by atoms with Crippen LogP contribution in [0.2, 0.25) is 0 Å². The number of hydrogen-bond acceptors (Lipinski definition) is 2. The summed E-state index contributed by atoms with van der Waals surface area (Å²) in [6.07, 6.45) is 8.43. The topological polar surface area (TPSA) is 38.0 Å². The highest BCUT2D eigenvalue weighted by Crippen LogP contribution is 2.31. The molecule has 0 spiro atoms. The summed E-state index contributed by atoms with van der Waals surface area (Å²) in [5.41, 5.74) is 1.70. The smallest absolute Gasteiger partial charge is 0.112 e. The van der Waals surface area contributed by atoms with Crippen LogP contribution in [0, 0.1) is 0 Å². The Labute approximate surface area is 127 Å². The molecule has 0 unspecified atom stereocenters. The van der Waals surface area contributed by atoms with Crippen LogP contribution in [0.4, 0.5) is 0 Å². The molecule has 1 heterocycles. The fourth-order valence-electron chi connectivity index (χ4n) is 3.59. The third-order valence-corrected chi connectivity index (χ3v) is 4.70. The van der Waals surface area contributed by atoms with E-state index in [0.29, 0.717) is 6.42 Å². The van der Waals surface area contributed by atoms with Crippen molar-refractivity contribution in [2.24, 2.45) is 0 Å². The summed E-state index contributed by atoms with van der Waals surface area (Å²) >= 11 is 0. The predicted octanol–water partition coefficient (Wildman–Crippen LogP) is 4.07. The van der Waals surface area contributed by atoms with Gasteiger partial charge < -0.3 is 9.67 Å². The number of aromatic nitrogens is 2. The van der Waals surface area contributed by atoms with E-state index >= 15 is 0 Å². The summed E-state index contributed by atoms with van der Waals surface area (Å²) in [6, 6.07) is 8.32. The minimum Gasteiger partial charge on any atom is -0.389 e. The second-order valence-corrected chi connectivity index (χ2v) is 6.48. The Kier molecular flexibility index (Phi) is 4.29. The van der Waals surface area contributed by atoms with Gasteiger partial charge in [0.25, 0.3) is 0 Å². The molecule has 1 aliphatic carbocycles. The number of imidazole rings is 1. The van der Waals surface area contributed by atoms with Gasteiger partial charge in [-0.3, -0.25) is 0 Å². The monoisotopic (exact) mass is 286 g/mol. The zero-order valence-electron chi connectivity index (χ0n) is 13.0. The second-order valence-electron chi connectivity index (χ2n) is 6.48. The van der Waals surface area contributed by atoms with E-state index in [4.69, 9.17) is 4.98 Å². The largest absolute Gasteiger partial charge is 0.389 e. The van der Waals surface area contributed by atoms with Crippen LogP contribution in [0.1, 0.15) is 57.7 Å². The zero-order chi connectivity index (χ0) is 14.7. The van der Waals surface area contributed by atoms with Crippen LogP contribution in [0.25, 0.3) is 11.0 Å². The molecular weight excluding hydrogens is 260 g/mol. The molecule has 1 aliphatic rings. The molecule has 1 N–H and O–H groups in total. The van der Waals surface area contributed by atoms with Crippen molar-refractivity contribution >= 4 is 11.0 Å². The minimum absolute atomic E-state index is 0.552. The van der Waals surface area contributed by atoms with E-state index in [1.807, 2.05) is 6.07 Å². The molecule has 1 fully saturated rings. The van der Waals surface area contributed by atoms with E-state index < -0.39 is 5.60 Å². The first-order valence-electron chi connectivity index (χ1n) is 8.38. The number of hydrogen-bond donors (Lipinski definition) is 1. The van der Waals surface area contributed by atoms with Crippen LogP contribution in [-0.2, 0) is 13.0 Å². The molecule has 1 aromatic heterocycles. The van der Waals surface area contributed by atoms with Crippen LogP contribution in [-0.4, -0.2) is 20.3 Å². The zero-order valence-corrected chi connectivity index (χ0v) is 13.0. The number of benzene rings is 1. The molecule has 2 aromatic rings. The lowest BCUT2D eigenvalue weighted by Crippen LogP contribution is -2.32. The van der Waals surface area contributed by atoms with Gasteiger partial charge in [0.05, 0.1) is 16.6 Å². The summed E-state index contributed by atoms with van der Waals surface area (Å²) < 4.78 is 2.30. The first kappa shape index (κ1) is 14.6. The Morgan fingerprint density at radius 3 is 2.57 bits per heavy atom. The van der Waals surface area contributed by atoms with Crippen LogP contribution >= 0.6 is 0 Å². The summed E-state index contributed by atoms with van der Waals surface area (Å²) in [4.78, 5) is 4.80. The maximum absolute atomic E-state index is 11.0. The minimum atomic E-state index is -0.552. The van der Waals surface area contributed by atoms with Crippen molar-refractivity contribution in [1.82, 2.24) is 9.55 Å². The number of aliphatic hydroxyl groups is 1. The third kappa shape index (κ3) is 3.13. The summed E-state index contributed by atoms with van der Waals surface area (Å²) in [5, 5.41) is 11.0. The molecule has 3 nitrogen and oxygen atoms in total. The van der Waals surface area contributed by atoms with Crippen molar-refractivity contribution in [1.29, 1.82) is 0 Å². The second kappa shape index (κ2) is 6.18. The van der Waals surface area contributed by atoms with Gasteiger partial charge in [-0.25, -0.2) is 4.98 Å². The molecule has 3 heteroatoms. The fraction of sp³-hybridized carbons (Fsp3) is 0.611. The number of para-hydroxylation sites is 2. The average Bonchev–Trinajstić information content (AvgIpc) is 2.66. The van der Waals surface area contributed by atoms with Gasteiger partial charge in [0.1, 0.15) is 5.82 Å². The van der Waals surface area contributed by atoms with E-state index in [1.54, 1.807) is 0 Å². The first-order valence-corrected chi connectivity index (χ1v) is 8.38. The summed E-state index contributed by atoms with van der Waals surface area (Å²) in [7, 11) is 0. The van der Waals surface area contributed by atoms with Crippen LogP contribution in [0.3, 0.4) is 0 Å². The van der Waals surface area contributed by atoms with Crippen LogP contribution in [0.15, 0.2) is 24.3 Å². The highest BCUT2D eigenvalue weighted by molar-refractivity contribution is 5.75. The Bertz CT molecular complexity index is 594. The van der Waals surface area contributed by atoms with Crippen molar-refractivity contribution in [2.75, 3.05) is 0 Å². The van der Waals surface area contributed by atoms with Crippen molar-refractivity contribution in [2.45, 2.75) is 70.4 Å². The standard InChI is InChI=1S/C18H26N2O/c1-2-13-20-16-10-6-5-9-15(16)19-17(20)14-18(21)11-7-3-4-8-12-18/h5-6,9-10,21H,2-4,7-8,11-14H2,1H3. The lowest BCUT2D eigenvalue weighted by molar-refractivity contribution is 0.0227. The van der Waals surface area contributed by atoms with Gasteiger partial charge in [0, 0.05) is 13.0 Å². The highest BCUT2D eigenvalue weighted by atomic mass is 16.3. The Morgan fingerprint density at radius 1 is 1.14 bits per heavy atom. The van der Waals surface area contributed by atoms with E-state index in [0.717, 1.165) is 50.0 Å². The van der Waals surface area contributed by atoms with Gasteiger partial charge in [-0.1, -0.05) is 44.7 Å². The quantitative estimate of drug-likeness (QED) is 0.860. The van der Waals surface area contributed by atoms with Gasteiger partial charge in [-0.15, -0.1) is 0 Å². The Hall–Kier alpha value is -1.35. The molecule has 0 bridgehead atoms. The lowest BCUT2D eigenvalue weighted by Gasteiger charge is -2.26. The average molecular weight is 286 g/mol. The number of nitrogens with zero attached hydrogens (tertiary/aromatic N) is 2. The summed E-state index contributed by atoms with van der Waals surface area (Å²) in [5.74, 6) is 1.06. The van der Waals surface area contributed by atoms with Crippen molar-refractivity contribution in [3.05, 3.63) is 30.1 Å². The molecule has 0 atom stereocenters. The highest BCUT2D eigenvalue weighted by Gasteiger charge is 2.30. The third-order valence-electron chi connectivity index (χ3n) is 4.70. The van der Waals surface area contributed by atoms with Gasteiger partial charge in [-0.05, 0) is 31.4 Å². The van der Waals surface area contributed by atoms with E-state index in [-0.39, 0.29) is 0 Å². The van der Waals surface area contributed by atoms with Gasteiger partial charge in [0.15, 0.2) is 0 Å². The Balaban J connectivity index is 1.93. The van der Waals surface area contributed by atoms with E-state index in [9.17, 15) is 5.11 Å². The molecule has 114 valence electrons. The van der Waals surface area contributed by atoms with E-state index in [2.05, 4.69) is 29.7 Å². The van der Waals surface area contributed by atoms with Gasteiger partial charge >= 0.3 is 0 Å². The predicted molar refractivity (Wildman–Crippen MR) is 86.4 cm³/mol. The molecule has 0 aliphatic heterocycles. The number of rotatable bonds is 4. The molecule has 3 rings (SSSR count). The van der Waals surface area contributed by atoms with Gasteiger partial charge in [-0.2, -0.15) is 0 Å². The first-order chi connectivity index (χ1) is 10.2. The maximum atomic E-state index is 11.0. The number of fused-ring (bicyclic) bond motifs is 1. The van der Waals surface area contributed by atoms with Crippen LogP contribution in [0.5, 0.6) is 0 Å². The van der Waals surface area contributed by atoms with Crippen molar-refractivity contribution < 1.29 is 5.11 Å². The summed E-state index contributed by atoms with van der Waals surface area (Å²) in [6.45, 7) is 3.17. The fourth-order valence-corrected chi connectivity index (χ4v) is 3.59. The maximum Gasteiger partial charge on any atom is 0.112 e. The SMILES string of the molecule is CCCn1c(CC2(O)CCCCCC2)nc2ccccc21. The van der Waals surface area contributed by atoms with Crippen molar-refractivity contribution in [3.63, 3.8) is 0 Å². The van der Waals surface area contributed by atoms with Crippen molar-refractivity contribution in [3.8, 4) is 0 Å². The molecule has 0 saturated heterocycles. The molecular formula is C18H26N2O. The lowest BCUT2D eigenvalue weighted by atomic mass is 9.90. The molecule has 21 heavy (non-hydrogen) atoms. The molecule has 1 saturated carbocycles. The molecule has 1 aromatic carbocycles. The molecule has 0 amide bonds. The molecule has 0 radical (unpaired) electrons. The van der Waals surface area contributed by atoms with Crippen LogP contribution < -0.4 is 0 Å².